The van der Waals surface area contributed by atoms with Crippen molar-refractivity contribution in [3.8, 4) is 0 Å². The lowest BCUT2D eigenvalue weighted by atomic mass is 10.0. The highest BCUT2D eigenvalue weighted by molar-refractivity contribution is 7.99. The van der Waals surface area contributed by atoms with Gasteiger partial charge < -0.3 is 5.32 Å². The zero-order valence-electron chi connectivity index (χ0n) is 11.6. The van der Waals surface area contributed by atoms with Crippen molar-refractivity contribution in [3.05, 3.63) is 24.3 Å². The van der Waals surface area contributed by atoms with Gasteiger partial charge in [0.2, 0.25) is 5.91 Å². The first-order valence-electron chi connectivity index (χ1n) is 7.02. The average molecular weight is 317 g/mol. The Balaban J connectivity index is 1.93. The maximum absolute atomic E-state index is 12.3. The first-order chi connectivity index (χ1) is 9.94. The molecule has 0 aliphatic heterocycles. The minimum Gasteiger partial charge on any atom is -0.325 e. The predicted molar refractivity (Wildman–Crippen MR) is 78.4 cm³/mol. The fraction of sp³-hybridized carbons (Fsp3) is 0.533. The van der Waals surface area contributed by atoms with Crippen LogP contribution in [0, 0.1) is 5.92 Å². The molecule has 2 nitrogen and oxygen atoms in total. The number of nitrogens with one attached hydrogen (secondary N) is 1. The molecule has 0 radical (unpaired) electrons. The second kappa shape index (κ2) is 7.20. The van der Waals surface area contributed by atoms with Crippen molar-refractivity contribution >= 4 is 23.4 Å². The van der Waals surface area contributed by atoms with Crippen LogP contribution in [-0.2, 0) is 4.79 Å². The fourth-order valence-electron chi connectivity index (χ4n) is 2.53. The molecule has 0 unspecified atom stereocenters. The van der Waals surface area contributed by atoms with Crippen LogP contribution in [0.3, 0.4) is 0 Å². The molecule has 1 amide bonds. The van der Waals surface area contributed by atoms with Gasteiger partial charge in [-0.3, -0.25) is 4.79 Å². The van der Waals surface area contributed by atoms with E-state index in [0.29, 0.717) is 34.7 Å². The standard InChI is InChI=1S/C15H18F3NOS/c16-15(17,18)10-21-13-8-4-3-7-12(13)19-14(20)9-11-5-1-2-6-11/h3-4,7-8,11H,1-2,5-6,9-10H2,(H,19,20). The molecule has 116 valence electrons. The Morgan fingerprint density at radius 3 is 2.57 bits per heavy atom. The van der Waals surface area contributed by atoms with Crippen LogP contribution < -0.4 is 5.32 Å². The monoisotopic (exact) mass is 317 g/mol. The van der Waals surface area contributed by atoms with E-state index in [1.54, 1.807) is 24.3 Å². The minimum absolute atomic E-state index is 0.109. The molecule has 1 saturated carbocycles. The largest absolute Gasteiger partial charge is 0.398 e. The normalized spacial score (nSPS) is 16.1. The number of alkyl halides is 3. The third-order valence-electron chi connectivity index (χ3n) is 3.50. The number of rotatable bonds is 5. The highest BCUT2D eigenvalue weighted by atomic mass is 32.2. The highest BCUT2D eigenvalue weighted by Crippen LogP contribution is 2.33. The van der Waals surface area contributed by atoms with Crippen LogP contribution in [0.15, 0.2) is 29.2 Å². The van der Waals surface area contributed by atoms with E-state index in [0.717, 1.165) is 25.7 Å². The number of benzene rings is 1. The summed E-state index contributed by atoms with van der Waals surface area (Å²) in [7, 11) is 0. The summed E-state index contributed by atoms with van der Waals surface area (Å²) < 4.78 is 36.9. The van der Waals surface area contributed by atoms with Crippen LogP contribution >= 0.6 is 11.8 Å². The number of amides is 1. The van der Waals surface area contributed by atoms with Crippen molar-refractivity contribution in [1.29, 1.82) is 0 Å². The van der Waals surface area contributed by atoms with Gasteiger partial charge in [-0.1, -0.05) is 25.0 Å². The molecule has 0 spiro atoms. The van der Waals surface area contributed by atoms with E-state index in [9.17, 15) is 18.0 Å². The lowest BCUT2D eigenvalue weighted by molar-refractivity contribution is -0.117. The molecule has 0 heterocycles. The smallest absolute Gasteiger partial charge is 0.325 e. The van der Waals surface area contributed by atoms with Crippen molar-refractivity contribution in [1.82, 2.24) is 0 Å². The Morgan fingerprint density at radius 1 is 1.24 bits per heavy atom. The van der Waals surface area contributed by atoms with Gasteiger partial charge in [0.25, 0.3) is 0 Å². The lowest BCUT2D eigenvalue weighted by Crippen LogP contribution is -2.16. The van der Waals surface area contributed by atoms with E-state index in [-0.39, 0.29) is 5.91 Å². The van der Waals surface area contributed by atoms with Gasteiger partial charge in [0.05, 0.1) is 11.4 Å². The van der Waals surface area contributed by atoms with E-state index in [4.69, 9.17) is 0 Å². The topological polar surface area (TPSA) is 29.1 Å². The molecule has 1 fully saturated rings. The van der Waals surface area contributed by atoms with Crippen molar-refractivity contribution in [3.63, 3.8) is 0 Å². The number of thioether (sulfide) groups is 1. The molecule has 21 heavy (non-hydrogen) atoms. The Morgan fingerprint density at radius 2 is 1.90 bits per heavy atom. The Kier molecular flexibility index (Phi) is 5.56. The summed E-state index contributed by atoms with van der Waals surface area (Å²) >= 11 is 0.699. The number of carbonyl (C=O) groups is 1. The third kappa shape index (κ3) is 5.61. The van der Waals surface area contributed by atoms with Crippen LogP contribution in [0.25, 0.3) is 0 Å². The van der Waals surface area contributed by atoms with Crippen molar-refractivity contribution < 1.29 is 18.0 Å². The fourth-order valence-corrected chi connectivity index (χ4v) is 3.30. The summed E-state index contributed by atoms with van der Waals surface area (Å²) in [6.45, 7) is 0. The molecule has 1 aliphatic rings. The minimum atomic E-state index is -4.22. The molecule has 1 N–H and O–H groups in total. The summed E-state index contributed by atoms with van der Waals surface area (Å²) in [5.74, 6) is -0.648. The molecule has 6 heteroatoms. The summed E-state index contributed by atoms with van der Waals surface area (Å²) in [6, 6.07) is 6.63. The third-order valence-corrected chi connectivity index (χ3v) is 4.64. The molecular formula is C15H18F3NOS. The van der Waals surface area contributed by atoms with Gasteiger partial charge >= 0.3 is 6.18 Å². The highest BCUT2D eigenvalue weighted by Gasteiger charge is 2.28. The Labute approximate surface area is 126 Å². The number of carbonyl (C=O) groups excluding carboxylic acids is 1. The lowest BCUT2D eigenvalue weighted by Gasteiger charge is -2.13. The van der Waals surface area contributed by atoms with Crippen LogP contribution in [0.1, 0.15) is 32.1 Å². The molecule has 1 aliphatic carbocycles. The average Bonchev–Trinajstić information content (AvgIpc) is 2.89. The van der Waals surface area contributed by atoms with E-state index in [1.165, 1.54) is 0 Å². The number of halogens is 3. The zero-order valence-corrected chi connectivity index (χ0v) is 12.4. The van der Waals surface area contributed by atoms with Gasteiger partial charge in [0, 0.05) is 11.3 Å². The molecule has 1 aromatic carbocycles. The van der Waals surface area contributed by atoms with Crippen LogP contribution in [0.4, 0.5) is 18.9 Å². The maximum Gasteiger partial charge on any atom is 0.398 e. The van der Waals surface area contributed by atoms with E-state index in [2.05, 4.69) is 5.32 Å². The number of para-hydroxylation sites is 1. The Bertz CT molecular complexity index is 484. The Hall–Kier alpha value is -1.17. The van der Waals surface area contributed by atoms with Crippen molar-refractivity contribution in [2.24, 2.45) is 5.92 Å². The second-order valence-corrected chi connectivity index (χ2v) is 6.32. The summed E-state index contributed by atoms with van der Waals surface area (Å²) in [5.41, 5.74) is 0.467. The maximum atomic E-state index is 12.3. The molecule has 1 aromatic rings. The van der Waals surface area contributed by atoms with Crippen LogP contribution in [0.2, 0.25) is 0 Å². The van der Waals surface area contributed by atoms with Crippen LogP contribution in [-0.4, -0.2) is 17.8 Å². The SMILES string of the molecule is O=C(CC1CCCC1)Nc1ccccc1SCC(F)(F)F. The molecule has 2 rings (SSSR count). The van der Waals surface area contributed by atoms with Gasteiger partial charge in [0.1, 0.15) is 0 Å². The van der Waals surface area contributed by atoms with E-state index >= 15 is 0 Å². The van der Waals surface area contributed by atoms with Crippen molar-refractivity contribution in [2.45, 2.75) is 43.2 Å². The van der Waals surface area contributed by atoms with E-state index < -0.39 is 11.9 Å². The van der Waals surface area contributed by atoms with Gasteiger partial charge in [-0.2, -0.15) is 13.2 Å². The van der Waals surface area contributed by atoms with Gasteiger partial charge in [-0.05, 0) is 30.9 Å². The van der Waals surface area contributed by atoms with Gasteiger partial charge in [0.15, 0.2) is 0 Å². The summed E-state index contributed by atoms with van der Waals surface area (Å²) in [5, 5.41) is 2.75. The van der Waals surface area contributed by atoms with E-state index in [1.807, 2.05) is 0 Å². The molecule has 0 aromatic heterocycles. The summed E-state index contributed by atoms with van der Waals surface area (Å²) in [4.78, 5) is 12.4. The zero-order chi connectivity index (χ0) is 15.3. The number of anilines is 1. The second-order valence-electron chi connectivity index (χ2n) is 5.30. The molecule has 0 bridgehead atoms. The summed E-state index contributed by atoms with van der Waals surface area (Å²) in [6.07, 6.45) is 0.700. The first-order valence-corrected chi connectivity index (χ1v) is 8.01. The first kappa shape index (κ1) is 16.2. The number of hydrogen-bond donors (Lipinski definition) is 1. The molecule has 0 atom stereocenters. The quantitative estimate of drug-likeness (QED) is 0.786. The number of hydrogen-bond acceptors (Lipinski definition) is 2. The molecule has 0 saturated heterocycles. The predicted octanol–water partition coefficient (Wildman–Crippen LogP) is 4.86. The van der Waals surface area contributed by atoms with Crippen LogP contribution in [0.5, 0.6) is 0 Å². The van der Waals surface area contributed by atoms with Gasteiger partial charge in [-0.25, -0.2) is 0 Å². The van der Waals surface area contributed by atoms with Crippen molar-refractivity contribution in [2.75, 3.05) is 11.1 Å². The molecular weight excluding hydrogens is 299 g/mol. The van der Waals surface area contributed by atoms with Gasteiger partial charge in [-0.15, -0.1) is 11.8 Å².